The van der Waals surface area contributed by atoms with Crippen LogP contribution in [0.5, 0.6) is 0 Å². The number of ether oxygens (including phenoxy) is 1. The maximum absolute atomic E-state index is 12.5. The maximum atomic E-state index is 12.5. The average Bonchev–Trinajstić information content (AvgIpc) is 3.23. The average molecular weight is 416 g/mol. The van der Waals surface area contributed by atoms with Crippen LogP contribution in [0.1, 0.15) is 22.8 Å². The third-order valence-electron chi connectivity index (χ3n) is 4.02. The first-order valence-corrected chi connectivity index (χ1v) is 10.6. The molecule has 0 saturated carbocycles. The number of aryl methyl sites for hydroxylation is 1. The number of imidazole rings is 1. The van der Waals surface area contributed by atoms with Crippen LogP contribution in [0.25, 0.3) is 10.4 Å². The molecular formula is C20H21N3O3S2. The summed E-state index contributed by atoms with van der Waals surface area (Å²) < 4.78 is 7.06. The van der Waals surface area contributed by atoms with Crippen LogP contribution >= 0.6 is 23.1 Å². The van der Waals surface area contributed by atoms with Gasteiger partial charge in [0.1, 0.15) is 5.00 Å². The van der Waals surface area contributed by atoms with Crippen molar-refractivity contribution >= 4 is 40.0 Å². The first-order valence-electron chi connectivity index (χ1n) is 8.77. The molecule has 1 amide bonds. The van der Waals surface area contributed by atoms with Gasteiger partial charge in [-0.3, -0.25) is 4.79 Å². The van der Waals surface area contributed by atoms with Crippen molar-refractivity contribution in [2.24, 2.45) is 7.05 Å². The van der Waals surface area contributed by atoms with E-state index in [1.54, 1.807) is 13.1 Å². The fourth-order valence-electron chi connectivity index (χ4n) is 2.70. The highest BCUT2D eigenvalue weighted by Crippen LogP contribution is 2.40. The Balaban J connectivity index is 1.85. The van der Waals surface area contributed by atoms with Crippen molar-refractivity contribution in [3.63, 3.8) is 0 Å². The van der Waals surface area contributed by atoms with Crippen LogP contribution in [0.15, 0.2) is 47.9 Å². The quantitative estimate of drug-likeness (QED) is 0.458. The number of hydrogen-bond acceptors (Lipinski definition) is 6. The number of carbonyl (C=O) groups excluding carboxylic acids is 2. The van der Waals surface area contributed by atoms with Gasteiger partial charge in [-0.15, -0.1) is 11.3 Å². The minimum Gasteiger partial charge on any atom is -0.462 e. The molecule has 8 heteroatoms. The number of rotatable bonds is 7. The molecule has 146 valence electrons. The van der Waals surface area contributed by atoms with Crippen LogP contribution in [0.2, 0.25) is 0 Å². The molecule has 3 rings (SSSR count). The molecular weight excluding hydrogens is 394 g/mol. The highest BCUT2D eigenvalue weighted by Gasteiger charge is 2.24. The lowest BCUT2D eigenvalue weighted by Crippen LogP contribution is -2.16. The number of thioether (sulfide) groups is 1. The number of amides is 1. The molecule has 0 aliphatic heterocycles. The van der Waals surface area contributed by atoms with Crippen LogP contribution in [0.4, 0.5) is 5.00 Å². The molecule has 6 nitrogen and oxygen atoms in total. The van der Waals surface area contributed by atoms with Crippen LogP contribution in [-0.4, -0.2) is 33.8 Å². The largest absolute Gasteiger partial charge is 0.462 e. The van der Waals surface area contributed by atoms with Crippen LogP contribution < -0.4 is 5.32 Å². The predicted molar refractivity (Wildman–Crippen MR) is 113 cm³/mol. The molecule has 2 heterocycles. The van der Waals surface area contributed by atoms with Gasteiger partial charge in [0.05, 0.1) is 17.9 Å². The minimum absolute atomic E-state index is 0.195. The van der Waals surface area contributed by atoms with E-state index in [4.69, 9.17) is 4.74 Å². The first-order chi connectivity index (χ1) is 13.5. The van der Waals surface area contributed by atoms with Crippen LogP contribution in [0, 0.1) is 6.92 Å². The van der Waals surface area contributed by atoms with E-state index >= 15 is 0 Å². The third kappa shape index (κ3) is 4.45. The molecule has 1 aromatic carbocycles. The molecule has 0 aliphatic carbocycles. The van der Waals surface area contributed by atoms with Gasteiger partial charge in [-0.1, -0.05) is 42.1 Å². The lowest BCUT2D eigenvalue weighted by molar-refractivity contribution is -0.113. The molecule has 2 aromatic heterocycles. The number of thiophene rings is 1. The molecule has 0 fully saturated rings. The number of aromatic nitrogens is 2. The van der Waals surface area contributed by atoms with Gasteiger partial charge in [0.2, 0.25) is 5.91 Å². The van der Waals surface area contributed by atoms with Gasteiger partial charge in [0.25, 0.3) is 0 Å². The Morgan fingerprint density at radius 2 is 2.04 bits per heavy atom. The topological polar surface area (TPSA) is 73.2 Å². The van der Waals surface area contributed by atoms with Crippen molar-refractivity contribution in [1.82, 2.24) is 9.55 Å². The second kappa shape index (κ2) is 9.07. The summed E-state index contributed by atoms with van der Waals surface area (Å²) in [7, 11) is 1.88. The predicted octanol–water partition coefficient (Wildman–Crippen LogP) is 4.36. The normalized spacial score (nSPS) is 10.7. The second-order valence-electron chi connectivity index (χ2n) is 6.00. The van der Waals surface area contributed by atoms with Gasteiger partial charge in [0, 0.05) is 24.3 Å². The summed E-state index contributed by atoms with van der Waals surface area (Å²) in [5.41, 5.74) is 2.22. The van der Waals surface area contributed by atoms with Gasteiger partial charge >= 0.3 is 5.97 Å². The first kappa shape index (κ1) is 20.2. The van der Waals surface area contributed by atoms with E-state index in [2.05, 4.69) is 10.3 Å². The lowest BCUT2D eigenvalue weighted by atomic mass is 10.1. The Morgan fingerprint density at radius 3 is 2.68 bits per heavy atom. The van der Waals surface area contributed by atoms with E-state index in [0.717, 1.165) is 21.2 Å². The minimum atomic E-state index is -0.425. The summed E-state index contributed by atoms with van der Waals surface area (Å²) in [5.74, 6) is -0.421. The monoisotopic (exact) mass is 415 g/mol. The van der Waals surface area contributed by atoms with E-state index < -0.39 is 5.97 Å². The molecule has 0 saturated heterocycles. The van der Waals surface area contributed by atoms with Crippen molar-refractivity contribution < 1.29 is 14.3 Å². The molecule has 0 atom stereocenters. The maximum Gasteiger partial charge on any atom is 0.341 e. The Hall–Kier alpha value is -2.58. The Morgan fingerprint density at radius 1 is 1.29 bits per heavy atom. The van der Waals surface area contributed by atoms with Crippen molar-refractivity contribution in [1.29, 1.82) is 0 Å². The Bertz CT molecular complexity index is 980. The zero-order chi connectivity index (χ0) is 20.1. The molecule has 0 unspecified atom stereocenters. The molecule has 0 spiro atoms. The van der Waals surface area contributed by atoms with E-state index in [-0.39, 0.29) is 18.3 Å². The molecule has 28 heavy (non-hydrogen) atoms. The summed E-state index contributed by atoms with van der Waals surface area (Å²) in [6, 6.07) is 9.80. The van der Waals surface area contributed by atoms with Gasteiger partial charge in [-0.05, 0) is 25.0 Å². The number of esters is 1. The molecule has 1 N–H and O–H groups in total. The molecule has 0 aliphatic rings. The highest BCUT2D eigenvalue weighted by atomic mass is 32.2. The number of carbonyl (C=O) groups is 2. The van der Waals surface area contributed by atoms with Gasteiger partial charge < -0.3 is 14.6 Å². The number of benzene rings is 1. The third-order valence-corrected chi connectivity index (χ3v) is 6.34. The summed E-state index contributed by atoms with van der Waals surface area (Å²) in [5, 5.41) is 4.16. The molecule has 0 bridgehead atoms. The lowest BCUT2D eigenvalue weighted by Gasteiger charge is -2.07. The Labute approximate surface area is 171 Å². The van der Waals surface area contributed by atoms with Crippen molar-refractivity contribution in [2.75, 3.05) is 17.7 Å². The van der Waals surface area contributed by atoms with Crippen LogP contribution in [-0.2, 0) is 16.6 Å². The number of nitrogens with one attached hydrogen (secondary N) is 1. The zero-order valence-corrected chi connectivity index (χ0v) is 17.5. The summed E-state index contributed by atoms with van der Waals surface area (Å²) >= 11 is 2.73. The summed E-state index contributed by atoms with van der Waals surface area (Å²) in [6.45, 7) is 3.92. The fourth-order valence-corrected chi connectivity index (χ4v) is 4.65. The zero-order valence-electron chi connectivity index (χ0n) is 15.9. The highest BCUT2D eigenvalue weighted by molar-refractivity contribution is 7.99. The van der Waals surface area contributed by atoms with E-state index in [9.17, 15) is 9.59 Å². The van der Waals surface area contributed by atoms with Crippen molar-refractivity contribution in [2.45, 2.75) is 19.0 Å². The van der Waals surface area contributed by atoms with E-state index in [0.29, 0.717) is 10.6 Å². The smallest absolute Gasteiger partial charge is 0.341 e. The summed E-state index contributed by atoms with van der Waals surface area (Å²) in [4.78, 5) is 30.1. The Kier molecular flexibility index (Phi) is 6.53. The standard InChI is InChI=1S/C20H21N3O3S2/c1-4-26-19(25)16-13(2)17(14-8-6-5-7-9-14)28-18(16)22-15(24)12-27-20-21-10-11-23(20)3/h5-11H,4,12H2,1-3H3,(H,22,24). The van der Waals surface area contributed by atoms with E-state index in [1.807, 2.05) is 55.1 Å². The van der Waals surface area contributed by atoms with Crippen molar-refractivity contribution in [3.8, 4) is 10.4 Å². The number of nitrogens with zero attached hydrogens (tertiary/aromatic N) is 2. The fraction of sp³-hybridized carbons (Fsp3) is 0.250. The SMILES string of the molecule is CCOC(=O)c1c(NC(=O)CSc2nccn2C)sc(-c2ccccc2)c1C. The number of anilines is 1. The number of hydrogen-bond donors (Lipinski definition) is 1. The van der Waals surface area contributed by atoms with Gasteiger partial charge in [-0.25, -0.2) is 9.78 Å². The summed E-state index contributed by atoms with van der Waals surface area (Å²) in [6.07, 6.45) is 3.52. The van der Waals surface area contributed by atoms with Gasteiger partial charge in [-0.2, -0.15) is 0 Å². The molecule has 0 radical (unpaired) electrons. The van der Waals surface area contributed by atoms with E-state index in [1.165, 1.54) is 23.1 Å². The van der Waals surface area contributed by atoms with Crippen molar-refractivity contribution in [3.05, 3.63) is 53.9 Å². The van der Waals surface area contributed by atoms with Gasteiger partial charge in [0.15, 0.2) is 5.16 Å². The second-order valence-corrected chi connectivity index (χ2v) is 7.97. The molecule has 3 aromatic rings. The van der Waals surface area contributed by atoms with Crippen LogP contribution in [0.3, 0.4) is 0 Å².